The van der Waals surface area contributed by atoms with Gasteiger partial charge in [0.05, 0.1) is 28.8 Å². The smallest absolute Gasteiger partial charge is 0.149 e. The molecule has 2 aromatic rings. The largest absolute Gasteiger partial charge is 0.397 e. The number of anilines is 2. The number of H-pyrrole nitrogens is 1. The van der Waals surface area contributed by atoms with Gasteiger partial charge in [0, 0.05) is 17.7 Å². The third-order valence-corrected chi connectivity index (χ3v) is 3.67. The van der Waals surface area contributed by atoms with Crippen molar-refractivity contribution in [2.75, 3.05) is 23.1 Å². The van der Waals surface area contributed by atoms with E-state index in [9.17, 15) is 8.42 Å². The molecule has 18 heavy (non-hydrogen) atoms. The number of aromatic amines is 1. The molecule has 0 bridgehead atoms. The fourth-order valence-corrected chi connectivity index (χ4v) is 2.89. The van der Waals surface area contributed by atoms with Gasteiger partial charge in [-0.2, -0.15) is 5.10 Å². The van der Waals surface area contributed by atoms with Gasteiger partial charge >= 0.3 is 0 Å². The number of nitrogens with zero attached hydrogens (tertiary/aromatic N) is 1. The van der Waals surface area contributed by atoms with Crippen molar-refractivity contribution in [2.45, 2.75) is 13.0 Å². The number of nitrogen functional groups attached to an aromatic ring is 1. The Bertz CT molecular complexity index is 663. The first-order valence-electron chi connectivity index (χ1n) is 5.52. The molecule has 6 nitrogen and oxygen atoms in total. The summed E-state index contributed by atoms with van der Waals surface area (Å²) in [5.74, 6) is 0.0629. The van der Waals surface area contributed by atoms with Crippen LogP contribution in [0.5, 0.6) is 0 Å². The second-order valence-corrected chi connectivity index (χ2v) is 6.72. The summed E-state index contributed by atoms with van der Waals surface area (Å²) in [7, 11) is -3.01. The Kier molecular flexibility index (Phi) is 3.16. The third kappa shape index (κ3) is 2.92. The summed E-state index contributed by atoms with van der Waals surface area (Å²) in [6.45, 7) is 1.80. The van der Waals surface area contributed by atoms with Crippen LogP contribution in [0.25, 0.3) is 10.9 Å². The van der Waals surface area contributed by atoms with Gasteiger partial charge in [0.1, 0.15) is 9.84 Å². The van der Waals surface area contributed by atoms with Gasteiger partial charge in [-0.15, -0.1) is 0 Å². The summed E-state index contributed by atoms with van der Waals surface area (Å²) in [6, 6.07) is 3.42. The highest BCUT2D eigenvalue weighted by Crippen LogP contribution is 2.25. The summed E-state index contributed by atoms with van der Waals surface area (Å²) >= 11 is 0. The molecule has 1 unspecified atom stereocenters. The van der Waals surface area contributed by atoms with Crippen molar-refractivity contribution < 1.29 is 8.42 Å². The van der Waals surface area contributed by atoms with Crippen LogP contribution in [0.4, 0.5) is 11.4 Å². The lowest BCUT2D eigenvalue weighted by Crippen LogP contribution is -2.25. The van der Waals surface area contributed by atoms with Crippen LogP contribution in [0.15, 0.2) is 18.3 Å². The van der Waals surface area contributed by atoms with Crippen LogP contribution in [0.2, 0.25) is 0 Å². The number of benzene rings is 1. The number of rotatable bonds is 4. The lowest BCUT2D eigenvalue weighted by atomic mass is 10.2. The lowest BCUT2D eigenvalue weighted by molar-refractivity contribution is 0.598. The first-order valence-corrected chi connectivity index (χ1v) is 7.58. The fraction of sp³-hybridized carbons (Fsp3) is 0.364. The Morgan fingerprint density at radius 3 is 2.89 bits per heavy atom. The molecule has 0 saturated carbocycles. The Morgan fingerprint density at radius 2 is 2.22 bits per heavy atom. The Balaban J connectivity index is 2.23. The second-order valence-electron chi connectivity index (χ2n) is 4.53. The second kappa shape index (κ2) is 4.49. The molecule has 4 N–H and O–H groups in total. The van der Waals surface area contributed by atoms with Gasteiger partial charge in [0.2, 0.25) is 0 Å². The number of aromatic nitrogens is 2. The summed E-state index contributed by atoms with van der Waals surface area (Å²) < 4.78 is 22.4. The lowest BCUT2D eigenvalue weighted by Gasteiger charge is -2.16. The van der Waals surface area contributed by atoms with E-state index >= 15 is 0 Å². The molecular formula is C11H16N4O2S. The van der Waals surface area contributed by atoms with Crippen LogP contribution in [-0.4, -0.2) is 36.7 Å². The quantitative estimate of drug-likeness (QED) is 0.718. The molecule has 1 aromatic carbocycles. The normalized spacial score (nSPS) is 13.7. The van der Waals surface area contributed by atoms with Crippen LogP contribution < -0.4 is 11.1 Å². The number of nitrogens with two attached hydrogens (primary N) is 1. The van der Waals surface area contributed by atoms with E-state index in [2.05, 4.69) is 15.5 Å². The van der Waals surface area contributed by atoms with Crippen LogP contribution in [0.1, 0.15) is 6.92 Å². The number of hydrogen-bond donors (Lipinski definition) is 3. The van der Waals surface area contributed by atoms with Gasteiger partial charge in [0.25, 0.3) is 0 Å². The maximum atomic E-state index is 11.2. The molecule has 0 fully saturated rings. The highest BCUT2D eigenvalue weighted by Gasteiger charge is 2.12. The van der Waals surface area contributed by atoms with Crippen LogP contribution in [0.3, 0.4) is 0 Å². The van der Waals surface area contributed by atoms with E-state index in [1.807, 2.05) is 6.07 Å². The van der Waals surface area contributed by atoms with Gasteiger partial charge in [-0.1, -0.05) is 0 Å². The van der Waals surface area contributed by atoms with Crippen molar-refractivity contribution >= 4 is 32.1 Å². The zero-order valence-electron chi connectivity index (χ0n) is 10.3. The number of hydrogen-bond acceptors (Lipinski definition) is 5. The van der Waals surface area contributed by atoms with Gasteiger partial charge in [-0.05, 0) is 19.1 Å². The van der Waals surface area contributed by atoms with E-state index in [0.717, 1.165) is 10.9 Å². The first kappa shape index (κ1) is 12.7. The summed E-state index contributed by atoms with van der Waals surface area (Å²) in [4.78, 5) is 0. The molecule has 0 aliphatic rings. The standard InChI is InChI=1S/C11H16N4O2S/c1-7(6-18(2,16)17)14-11-4-10-8(3-9(11)12)5-13-15-10/h3-5,7,14H,6,12H2,1-2H3,(H,13,15). The SMILES string of the molecule is CC(CS(C)(=O)=O)Nc1cc2[nH]ncc2cc1N. The monoisotopic (exact) mass is 268 g/mol. The highest BCUT2D eigenvalue weighted by atomic mass is 32.2. The summed E-state index contributed by atoms with van der Waals surface area (Å²) in [5.41, 5.74) is 8.05. The summed E-state index contributed by atoms with van der Waals surface area (Å²) in [5, 5.41) is 10.8. The molecule has 2 rings (SSSR count). The zero-order valence-corrected chi connectivity index (χ0v) is 11.1. The van der Waals surface area contributed by atoms with E-state index in [4.69, 9.17) is 5.73 Å². The zero-order chi connectivity index (χ0) is 13.3. The number of sulfone groups is 1. The topological polar surface area (TPSA) is 101 Å². The van der Waals surface area contributed by atoms with Crippen LogP contribution in [0, 0.1) is 0 Å². The predicted molar refractivity (Wildman–Crippen MR) is 73.3 cm³/mol. The molecule has 0 radical (unpaired) electrons. The molecule has 7 heteroatoms. The van der Waals surface area contributed by atoms with Crippen molar-refractivity contribution in [2.24, 2.45) is 0 Å². The van der Waals surface area contributed by atoms with E-state index in [1.54, 1.807) is 19.2 Å². The number of nitrogens with one attached hydrogen (secondary N) is 2. The fourth-order valence-electron chi connectivity index (χ4n) is 1.90. The molecular weight excluding hydrogens is 252 g/mol. The summed E-state index contributed by atoms with van der Waals surface area (Å²) in [6.07, 6.45) is 2.90. The van der Waals surface area contributed by atoms with Gasteiger partial charge in [-0.3, -0.25) is 5.10 Å². The molecule has 0 amide bonds. The van der Waals surface area contributed by atoms with Crippen molar-refractivity contribution in [3.05, 3.63) is 18.3 Å². The minimum absolute atomic E-state index is 0.0629. The van der Waals surface area contributed by atoms with Crippen LogP contribution in [-0.2, 0) is 9.84 Å². The van der Waals surface area contributed by atoms with E-state index in [0.29, 0.717) is 11.4 Å². The predicted octanol–water partition coefficient (Wildman–Crippen LogP) is 0.990. The average molecular weight is 268 g/mol. The van der Waals surface area contributed by atoms with E-state index < -0.39 is 9.84 Å². The number of fused-ring (bicyclic) bond motifs is 1. The molecule has 0 saturated heterocycles. The van der Waals surface area contributed by atoms with Crippen molar-refractivity contribution in [1.29, 1.82) is 0 Å². The molecule has 1 atom stereocenters. The molecule has 0 aliphatic heterocycles. The van der Waals surface area contributed by atoms with Crippen molar-refractivity contribution in [1.82, 2.24) is 10.2 Å². The molecule has 1 aromatic heterocycles. The molecule has 98 valence electrons. The Labute approximate surface area is 105 Å². The maximum absolute atomic E-state index is 11.2. The highest BCUT2D eigenvalue weighted by molar-refractivity contribution is 7.90. The third-order valence-electron chi connectivity index (χ3n) is 2.56. The van der Waals surface area contributed by atoms with Gasteiger partial charge in [-0.25, -0.2) is 8.42 Å². The Morgan fingerprint density at radius 1 is 1.50 bits per heavy atom. The van der Waals surface area contributed by atoms with Gasteiger partial charge < -0.3 is 11.1 Å². The molecule has 0 aliphatic carbocycles. The average Bonchev–Trinajstić information content (AvgIpc) is 2.62. The van der Waals surface area contributed by atoms with E-state index in [-0.39, 0.29) is 11.8 Å². The molecule has 0 spiro atoms. The van der Waals surface area contributed by atoms with E-state index in [1.165, 1.54) is 6.26 Å². The minimum Gasteiger partial charge on any atom is -0.397 e. The van der Waals surface area contributed by atoms with Crippen molar-refractivity contribution in [3.8, 4) is 0 Å². The minimum atomic E-state index is -3.01. The molecule has 1 heterocycles. The Hall–Kier alpha value is -1.76. The maximum Gasteiger partial charge on any atom is 0.149 e. The van der Waals surface area contributed by atoms with Crippen LogP contribution >= 0.6 is 0 Å². The van der Waals surface area contributed by atoms with Gasteiger partial charge in [0.15, 0.2) is 0 Å². The van der Waals surface area contributed by atoms with Crippen molar-refractivity contribution in [3.63, 3.8) is 0 Å². The first-order chi connectivity index (χ1) is 8.35.